The molecule has 0 aliphatic carbocycles. The number of aromatic nitrogens is 1. The lowest BCUT2D eigenvalue weighted by Crippen LogP contribution is -2.32. The quantitative estimate of drug-likeness (QED) is 0.420. The Morgan fingerprint density at radius 1 is 1.29 bits per heavy atom. The number of carbonyl (C=O) groups excluding carboxylic acids is 1. The number of nitrogens with one attached hydrogen (secondary N) is 1. The first kappa shape index (κ1) is 18.4. The van der Waals surface area contributed by atoms with Crippen LogP contribution in [0.1, 0.15) is 10.4 Å². The van der Waals surface area contributed by atoms with Crippen LogP contribution in [0.3, 0.4) is 0 Å². The van der Waals surface area contributed by atoms with Crippen molar-refractivity contribution >= 4 is 47.4 Å². The Morgan fingerprint density at radius 3 is 2.46 bits per heavy atom. The molecule has 2 aromatic rings. The average molecular weight is 377 g/mol. The van der Waals surface area contributed by atoms with Crippen LogP contribution in [0.5, 0.6) is 5.75 Å². The molecule has 1 amide bonds. The van der Waals surface area contributed by atoms with E-state index in [4.69, 9.17) is 21.6 Å². The molecular formula is C13H9BCl2F2N2O4. The van der Waals surface area contributed by atoms with Gasteiger partial charge < -0.3 is 20.1 Å². The van der Waals surface area contributed by atoms with E-state index in [9.17, 15) is 13.6 Å². The molecule has 1 aromatic heterocycles. The molecule has 3 N–H and O–H groups in total. The molecule has 0 aliphatic rings. The van der Waals surface area contributed by atoms with Crippen molar-refractivity contribution in [1.29, 1.82) is 0 Å². The van der Waals surface area contributed by atoms with Gasteiger partial charge in [0.2, 0.25) is 0 Å². The Balaban J connectivity index is 2.11. The van der Waals surface area contributed by atoms with E-state index in [2.05, 4.69) is 26.6 Å². The van der Waals surface area contributed by atoms with Gasteiger partial charge in [-0.2, -0.15) is 0 Å². The molecule has 0 fully saturated rings. The largest absolute Gasteiger partial charge is 0.491 e. The summed E-state index contributed by atoms with van der Waals surface area (Å²) in [6.45, 7) is 0. The van der Waals surface area contributed by atoms with Crippen molar-refractivity contribution in [2.75, 3.05) is 5.32 Å². The molecule has 1 aromatic carbocycles. The van der Waals surface area contributed by atoms with Crippen LogP contribution in [0.2, 0.25) is 5.15 Å². The Morgan fingerprint density at radius 2 is 1.92 bits per heavy atom. The highest BCUT2D eigenvalue weighted by atomic mass is 35.5. The van der Waals surface area contributed by atoms with Crippen LogP contribution in [0.15, 0.2) is 36.5 Å². The molecule has 0 spiro atoms. The van der Waals surface area contributed by atoms with Gasteiger partial charge in [-0.15, -0.1) is 8.78 Å². The molecule has 0 aliphatic heterocycles. The molecule has 0 unspecified atom stereocenters. The second-order valence-corrected chi connectivity index (χ2v) is 5.30. The minimum Gasteiger partial charge on any atom is -0.423 e. The van der Waals surface area contributed by atoms with Crippen molar-refractivity contribution < 1.29 is 28.4 Å². The van der Waals surface area contributed by atoms with Crippen molar-refractivity contribution in [2.24, 2.45) is 0 Å². The van der Waals surface area contributed by atoms with Gasteiger partial charge in [0.25, 0.3) is 5.91 Å². The fourth-order valence-corrected chi connectivity index (χ4v) is 2.00. The van der Waals surface area contributed by atoms with E-state index in [1.165, 1.54) is 30.3 Å². The Labute approximate surface area is 145 Å². The molecular weight excluding hydrogens is 368 g/mol. The number of nitrogens with zero attached hydrogens (tertiary/aromatic N) is 1. The van der Waals surface area contributed by atoms with Gasteiger partial charge in [-0.1, -0.05) is 11.6 Å². The number of alkyl halides is 3. The number of amides is 1. The third kappa shape index (κ3) is 5.03. The zero-order valence-electron chi connectivity index (χ0n) is 11.7. The number of ether oxygens (including phenoxy) is 1. The van der Waals surface area contributed by atoms with Crippen LogP contribution in [0, 0.1) is 0 Å². The highest BCUT2D eigenvalue weighted by molar-refractivity contribution is 6.62. The fourth-order valence-electron chi connectivity index (χ4n) is 1.71. The number of carbonyl (C=O) groups is 1. The lowest BCUT2D eigenvalue weighted by atomic mass is 9.81. The second kappa shape index (κ2) is 7.31. The highest BCUT2D eigenvalue weighted by Crippen LogP contribution is 2.26. The molecule has 11 heteroatoms. The SMILES string of the molecule is O=C(Nc1ccc(OC(F)(F)Cl)cc1)c1cnc(Cl)c(B(O)O)c1. The van der Waals surface area contributed by atoms with Crippen LogP contribution in [0.25, 0.3) is 0 Å². The van der Waals surface area contributed by atoms with Gasteiger partial charge in [0.1, 0.15) is 10.9 Å². The second-order valence-electron chi connectivity index (χ2n) is 4.50. The van der Waals surface area contributed by atoms with Gasteiger partial charge in [0.15, 0.2) is 0 Å². The van der Waals surface area contributed by atoms with E-state index in [1.807, 2.05) is 0 Å². The molecule has 0 radical (unpaired) electrons. The molecule has 0 saturated heterocycles. The van der Waals surface area contributed by atoms with Crippen molar-refractivity contribution in [3.8, 4) is 5.75 Å². The Kier molecular flexibility index (Phi) is 5.60. The van der Waals surface area contributed by atoms with E-state index in [0.29, 0.717) is 0 Å². The summed E-state index contributed by atoms with van der Waals surface area (Å²) in [5.74, 6) is -0.802. The van der Waals surface area contributed by atoms with E-state index in [-0.39, 0.29) is 27.6 Å². The third-order valence-corrected chi connectivity index (χ3v) is 3.15. The van der Waals surface area contributed by atoms with E-state index in [1.54, 1.807) is 0 Å². The van der Waals surface area contributed by atoms with Crippen LogP contribution in [-0.2, 0) is 0 Å². The van der Waals surface area contributed by atoms with Gasteiger partial charge in [-0.25, -0.2) is 4.98 Å². The molecule has 126 valence electrons. The zero-order chi connectivity index (χ0) is 17.9. The van der Waals surface area contributed by atoms with Crippen molar-refractivity contribution in [3.63, 3.8) is 0 Å². The number of halogens is 4. The van der Waals surface area contributed by atoms with Gasteiger partial charge in [-0.3, -0.25) is 4.79 Å². The normalized spacial score (nSPS) is 11.1. The maximum absolute atomic E-state index is 12.5. The number of anilines is 1. The predicted molar refractivity (Wildman–Crippen MR) is 84.9 cm³/mol. The monoisotopic (exact) mass is 376 g/mol. The topological polar surface area (TPSA) is 91.7 Å². The maximum Gasteiger partial charge on any atom is 0.491 e. The molecule has 0 atom stereocenters. The number of benzene rings is 1. The van der Waals surface area contributed by atoms with Crippen LogP contribution in [0.4, 0.5) is 14.5 Å². The summed E-state index contributed by atoms with van der Waals surface area (Å²) in [4.78, 5) is 15.8. The first-order valence-corrected chi connectivity index (χ1v) is 7.10. The molecule has 1 heterocycles. The standard InChI is InChI=1S/C13H9BCl2F2N2O4/c15-11-10(14(22)23)5-7(6-19-11)12(21)20-8-1-3-9(4-2-8)24-13(16,17)18/h1-6,22-23H,(H,20,21). The molecule has 0 bridgehead atoms. The fraction of sp³-hybridized carbons (Fsp3) is 0.0769. The van der Waals surface area contributed by atoms with Crippen LogP contribution < -0.4 is 15.5 Å². The minimum absolute atomic E-state index is 0.0233. The summed E-state index contributed by atoms with van der Waals surface area (Å²) in [7, 11) is -1.88. The maximum atomic E-state index is 12.5. The summed E-state index contributed by atoms with van der Waals surface area (Å²) in [6.07, 6.45) is 1.15. The predicted octanol–water partition coefficient (Wildman–Crippen LogP) is 1.83. The van der Waals surface area contributed by atoms with Gasteiger partial charge in [0, 0.05) is 28.9 Å². The van der Waals surface area contributed by atoms with E-state index < -0.39 is 18.6 Å². The smallest absolute Gasteiger partial charge is 0.423 e. The zero-order valence-corrected chi connectivity index (χ0v) is 13.2. The van der Waals surface area contributed by atoms with Gasteiger partial charge >= 0.3 is 12.7 Å². The summed E-state index contributed by atoms with van der Waals surface area (Å²) in [6, 6.07) is 6.19. The minimum atomic E-state index is -3.83. The van der Waals surface area contributed by atoms with Crippen molar-refractivity contribution in [3.05, 3.63) is 47.2 Å². The first-order chi connectivity index (χ1) is 11.2. The van der Waals surface area contributed by atoms with Crippen molar-refractivity contribution in [2.45, 2.75) is 5.57 Å². The van der Waals surface area contributed by atoms with Gasteiger partial charge in [0.05, 0.1) is 5.56 Å². The van der Waals surface area contributed by atoms with Gasteiger partial charge in [-0.05, 0) is 30.3 Å². The first-order valence-electron chi connectivity index (χ1n) is 6.34. The Bertz CT molecular complexity index is 742. The summed E-state index contributed by atoms with van der Waals surface area (Å²) in [5, 5.41) is 20.6. The molecule has 0 saturated carbocycles. The Hall–Kier alpha value is -1.94. The number of hydrogen-bond donors (Lipinski definition) is 3. The molecule has 6 nitrogen and oxygen atoms in total. The van der Waals surface area contributed by atoms with Crippen LogP contribution in [-0.4, -0.2) is 33.6 Å². The summed E-state index contributed by atoms with van der Waals surface area (Å²) >= 11 is 10.3. The summed E-state index contributed by atoms with van der Waals surface area (Å²) in [5.41, 5.74) is -3.65. The van der Waals surface area contributed by atoms with E-state index in [0.717, 1.165) is 6.20 Å². The number of pyridine rings is 1. The third-order valence-electron chi connectivity index (χ3n) is 2.75. The lowest BCUT2D eigenvalue weighted by molar-refractivity contribution is -0.0964. The highest BCUT2D eigenvalue weighted by Gasteiger charge is 2.27. The average Bonchev–Trinajstić information content (AvgIpc) is 2.48. The van der Waals surface area contributed by atoms with Crippen LogP contribution >= 0.6 is 23.2 Å². The number of hydrogen-bond acceptors (Lipinski definition) is 5. The van der Waals surface area contributed by atoms with Crippen molar-refractivity contribution in [1.82, 2.24) is 4.98 Å². The summed E-state index contributed by atoms with van der Waals surface area (Å²) < 4.78 is 29.1. The lowest BCUT2D eigenvalue weighted by Gasteiger charge is -2.11. The number of rotatable bonds is 5. The molecule has 24 heavy (non-hydrogen) atoms. The van der Waals surface area contributed by atoms with E-state index >= 15 is 0 Å². The molecule has 2 rings (SSSR count).